The van der Waals surface area contributed by atoms with Crippen molar-refractivity contribution in [3.8, 4) is 6.07 Å². The molecule has 0 aliphatic carbocycles. The van der Waals surface area contributed by atoms with Gasteiger partial charge in [-0.05, 0) is 23.7 Å². The molecule has 1 aromatic carbocycles. The van der Waals surface area contributed by atoms with Crippen LogP contribution in [0.15, 0.2) is 30.7 Å². The third-order valence-electron chi connectivity index (χ3n) is 2.99. The molecule has 0 saturated heterocycles. The number of nitriles is 1. The first-order valence-electron chi connectivity index (χ1n) is 5.80. The van der Waals surface area contributed by atoms with Gasteiger partial charge in [0.2, 0.25) is 5.28 Å². The first-order valence-corrected chi connectivity index (χ1v) is 6.17. The number of aromatic nitrogens is 4. The molecule has 3 aromatic rings. The summed E-state index contributed by atoms with van der Waals surface area (Å²) in [6, 6.07) is 7.38. The van der Waals surface area contributed by atoms with E-state index in [0.717, 1.165) is 5.56 Å². The van der Waals surface area contributed by atoms with Crippen LogP contribution in [0.5, 0.6) is 0 Å². The minimum Gasteiger partial charge on any atom is -0.398 e. The topological polar surface area (TPSA) is 93.4 Å². The number of halogens is 1. The average molecular weight is 285 g/mol. The molecule has 0 atom stereocenters. The number of rotatable bonds is 2. The minimum absolute atomic E-state index is 0.154. The number of nitrogens with two attached hydrogens (primary N) is 1. The van der Waals surface area contributed by atoms with Crippen molar-refractivity contribution in [3.05, 3.63) is 47.1 Å². The highest BCUT2D eigenvalue weighted by Crippen LogP contribution is 2.20. The van der Waals surface area contributed by atoms with Crippen LogP contribution in [0.3, 0.4) is 0 Å². The van der Waals surface area contributed by atoms with Crippen molar-refractivity contribution in [2.45, 2.75) is 6.54 Å². The van der Waals surface area contributed by atoms with Crippen LogP contribution in [0.4, 0.5) is 5.69 Å². The number of hydrogen-bond donors (Lipinski definition) is 1. The molecule has 0 fully saturated rings. The van der Waals surface area contributed by atoms with Gasteiger partial charge in [-0.25, -0.2) is 9.97 Å². The first-order chi connectivity index (χ1) is 9.69. The Balaban J connectivity index is 2.11. The van der Waals surface area contributed by atoms with E-state index in [2.05, 4.69) is 21.0 Å². The van der Waals surface area contributed by atoms with Gasteiger partial charge in [0.1, 0.15) is 5.52 Å². The van der Waals surface area contributed by atoms with Crippen molar-refractivity contribution in [2.75, 3.05) is 5.73 Å². The van der Waals surface area contributed by atoms with Gasteiger partial charge in [0, 0.05) is 11.3 Å². The molecule has 0 unspecified atom stereocenters. The first kappa shape index (κ1) is 12.4. The molecule has 0 bridgehead atoms. The Hall–Kier alpha value is -2.65. The van der Waals surface area contributed by atoms with Crippen LogP contribution in [0.25, 0.3) is 11.2 Å². The molecule has 6 nitrogen and oxygen atoms in total. The number of anilines is 1. The molecular weight excluding hydrogens is 276 g/mol. The van der Waals surface area contributed by atoms with Crippen molar-refractivity contribution >= 4 is 28.5 Å². The summed E-state index contributed by atoms with van der Waals surface area (Å²) in [6.45, 7) is 0.402. The molecule has 0 saturated carbocycles. The molecule has 3 rings (SSSR count). The highest BCUT2D eigenvalue weighted by molar-refractivity contribution is 6.28. The summed E-state index contributed by atoms with van der Waals surface area (Å²) in [6.07, 6.45) is 3.18. The maximum Gasteiger partial charge on any atom is 0.224 e. The highest BCUT2D eigenvalue weighted by Gasteiger charge is 2.11. The molecule has 0 spiro atoms. The van der Waals surface area contributed by atoms with Crippen LogP contribution in [-0.4, -0.2) is 19.5 Å². The summed E-state index contributed by atoms with van der Waals surface area (Å²) in [5.74, 6) is 0. The minimum atomic E-state index is 0.154. The van der Waals surface area contributed by atoms with Crippen LogP contribution in [0, 0.1) is 11.3 Å². The molecule has 2 aromatic heterocycles. The SMILES string of the molecule is N#Cc1cccc(N)c1Cn1cnc2cnc(Cl)nc21. The molecule has 2 heterocycles. The van der Waals surface area contributed by atoms with Crippen molar-refractivity contribution in [2.24, 2.45) is 0 Å². The van der Waals surface area contributed by atoms with Gasteiger partial charge in [0.05, 0.1) is 30.7 Å². The Morgan fingerprint density at radius 3 is 3.00 bits per heavy atom. The monoisotopic (exact) mass is 284 g/mol. The van der Waals surface area contributed by atoms with E-state index in [1.165, 1.54) is 0 Å². The van der Waals surface area contributed by atoms with E-state index in [1.54, 1.807) is 35.3 Å². The van der Waals surface area contributed by atoms with Gasteiger partial charge in [-0.1, -0.05) is 6.07 Å². The van der Waals surface area contributed by atoms with E-state index in [4.69, 9.17) is 22.6 Å². The predicted molar refractivity (Wildman–Crippen MR) is 75.0 cm³/mol. The smallest absolute Gasteiger partial charge is 0.224 e. The Labute approximate surface area is 119 Å². The average Bonchev–Trinajstić information content (AvgIpc) is 2.83. The lowest BCUT2D eigenvalue weighted by atomic mass is 10.1. The zero-order valence-corrected chi connectivity index (χ0v) is 11.0. The lowest BCUT2D eigenvalue weighted by molar-refractivity contribution is 0.813. The molecule has 0 amide bonds. The van der Waals surface area contributed by atoms with E-state index >= 15 is 0 Å². The van der Waals surface area contributed by atoms with Crippen LogP contribution in [0.1, 0.15) is 11.1 Å². The van der Waals surface area contributed by atoms with Crippen LogP contribution < -0.4 is 5.73 Å². The van der Waals surface area contributed by atoms with Crippen molar-refractivity contribution in [1.29, 1.82) is 5.26 Å². The zero-order chi connectivity index (χ0) is 14.1. The second kappa shape index (κ2) is 4.79. The van der Waals surface area contributed by atoms with Crippen molar-refractivity contribution in [1.82, 2.24) is 19.5 Å². The van der Waals surface area contributed by atoms with Crippen LogP contribution in [0.2, 0.25) is 5.28 Å². The number of fused-ring (bicyclic) bond motifs is 1. The lowest BCUT2D eigenvalue weighted by Crippen LogP contribution is -2.05. The molecule has 7 heteroatoms. The fourth-order valence-electron chi connectivity index (χ4n) is 2.01. The predicted octanol–water partition coefficient (Wildman–Crippen LogP) is 1.98. The normalized spacial score (nSPS) is 10.6. The lowest BCUT2D eigenvalue weighted by Gasteiger charge is -2.09. The van der Waals surface area contributed by atoms with Crippen LogP contribution in [-0.2, 0) is 6.54 Å². The summed E-state index contributed by atoms with van der Waals surface area (Å²) in [5, 5.41) is 9.31. The quantitative estimate of drug-likeness (QED) is 0.574. The molecule has 0 aliphatic heterocycles. The fourth-order valence-corrected chi connectivity index (χ4v) is 2.14. The summed E-state index contributed by atoms with van der Waals surface area (Å²) in [5.41, 5.74) is 9.03. The third kappa shape index (κ3) is 2.04. The Kier molecular flexibility index (Phi) is 2.97. The Bertz CT molecular complexity index is 832. The van der Waals surface area contributed by atoms with E-state index in [-0.39, 0.29) is 5.28 Å². The van der Waals surface area contributed by atoms with Crippen molar-refractivity contribution < 1.29 is 0 Å². The van der Waals surface area contributed by atoms with Gasteiger partial charge in [-0.2, -0.15) is 10.2 Å². The summed E-state index contributed by atoms with van der Waals surface area (Å²) >= 11 is 5.80. The standard InChI is InChI=1S/C13H9ClN6/c14-13-17-5-11-12(19-13)20(7-18-11)6-9-8(4-15)2-1-3-10(9)16/h1-3,5,7H,6,16H2. The number of nitrogen functional groups attached to an aromatic ring is 1. The maximum absolute atomic E-state index is 9.15. The van der Waals surface area contributed by atoms with Gasteiger partial charge in [-0.15, -0.1) is 0 Å². The van der Waals surface area contributed by atoms with Gasteiger partial charge < -0.3 is 10.3 Å². The fraction of sp³-hybridized carbons (Fsp3) is 0.0769. The molecule has 0 aliphatic rings. The number of benzene rings is 1. The van der Waals surface area contributed by atoms with E-state index in [1.807, 2.05) is 0 Å². The molecule has 0 radical (unpaired) electrons. The second-order valence-corrected chi connectivity index (χ2v) is 4.54. The number of hydrogen-bond acceptors (Lipinski definition) is 5. The molecule has 20 heavy (non-hydrogen) atoms. The van der Waals surface area contributed by atoms with E-state index in [9.17, 15) is 0 Å². The van der Waals surface area contributed by atoms with Gasteiger partial charge in [-0.3, -0.25) is 0 Å². The number of imidazole rings is 1. The van der Waals surface area contributed by atoms with Gasteiger partial charge in [0.15, 0.2) is 5.65 Å². The van der Waals surface area contributed by atoms with Gasteiger partial charge in [0.25, 0.3) is 0 Å². The Morgan fingerprint density at radius 1 is 1.35 bits per heavy atom. The summed E-state index contributed by atoms with van der Waals surface area (Å²) in [7, 11) is 0. The molecule has 98 valence electrons. The van der Waals surface area contributed by atoms with E-state index in [0.29, 0.717) is 29.0 Å². The van der Waals surface area contributed by atoms with Crippen LogP contribution >= 0.6 is 11.6 Å². The largest absolute Gasteiger partial charge is 0.398 e. The highest BCUT2D eigenvalue weighted by atomic mass is 35.5. The zero-order valence-electron chi connectivity index (χ0n) is 10.3. The van der Waals surface area contributed by atoms with Gasteiger partial charge >= 0.3 is 0 Å². The van der Waals surface area contributed by atoms with E-state index < -0.39 is 0 Å². The summed E-state index contributed by atoms with van der Waals surface area (Å²) < 4.78 is 1.79. The Morgan fingerprint density at radius 2 is 2.20 bits per heavy atom. The third-order valence-corrected chi connectivity index (χ3v) is 3.17. The number of nitrogens with zero attached hydrogens (tertiary/aromatic N) is 5. The van der Waals surface area contributed by atoms with Crippen molar-refractivity contribution in [3.63, 3.8) is 0 Å². The maximum atomic E-state index is 9.15. The molecular formula is C13H9ClN6. The summed E-state index contributed by atoms with van der Waals surface area (Å²) in [4.78, 5) is 12.2. The molecule has 2 N–H and O–H groups in total. The second-order valence-electron chi connectivity index (χ2n) is 4.21.